The fraction of sp³-hybridized carbons (Fsp3) is 0.250. The molecule has 0 spiro atoms. The lowest BCUT2D eigenvalue weighted by Crippen LogP contribution is -2.28. The lowest BCUT2D eigenvalue weighted by molar-refractivity contribution is -0.117. The van der Waals surface area contributed by atoms with Crippen molar-refractivity contribution in [3.05, 3.63) is 81.4 Å². The van der Waals surface area contributed by atoms with Crippen LogP contribution in [0.1, 0.15) is 31.0 Å². The van der Waals surface area contributed by atoms with Crippen molar-refractivity contribution in [2.24, 2.45) is 0 Å². The summed E-state index contributed by atoms with van der Waals surface area (Å²) in [6, 6.07) is 16.6. The van der Waals surface area contributed by atoms with E-state index in [-0.39, 0.29) is 12.5 Å². The minimum Gasteiger partial charge on any atom is -0.324 e. The number of amides is 1. The standard InChI is InChI=1S/C24H24ClN5O2/c1-3-4-5-17-6-12-20(13-7-17)27-22(31)15-29-24(32)30-21(28-29)14-16(2)26-23(30)18-8-10-19(25)11-9-18/h6-14H,3-5,15H2,1-2H3,(H,27,31). The Bertz CT molecular complexity index is 1310. The van der Waals surface area contributed by atoms with Crippen LogP contribution >= 0.6 is 11.6 Å². The maximum absolute atomic E-state index is 13.1. The van der Waals surface area contributed by atoms with E-state index < -0.39 is 5.69 Å². The second kappa shape index (κ2) is 9.36. The number of halogens is 1. The molecule has 0 radical (unpaired) electrons. The van der Waals surface area contributed by atoms with Gasteiger partial charge in [-0.3, -0.25) is 4.79 Å². The van der Waals surface area contributed by atoms with Crippen LogP contribution < -0.4 is 11.0 Å². The molecule has 0 saturated heterocycles. The van der Waals surface area contributed by atoms with E-state index in [1.54, 1.807) is 30.3 Å². The Morgan fingerprint density at radius 2 is 1.81 bits per heavy atom. The van der Waals surface area contributed by atoms with E-state index in [4.69, 9.17) is 11.6 Å². The van der Waals surface area contributed by atoms with Gasteiger partial charge in [0.1, 0.15) is 12.4 Å². The van der Waals surface area contributed by atoms with Gasteiger partial charge in [0.2, 0.25) is 5.91 Å². The Labute approximate surface area is 190 Å². The second-order valence-corrected chi connectivity index (χ2v) is 8.15. The number of anilines is 1. The largest absolute Gasteiger partial charge is 0.352 e. The summed E-state index contributed by atoms with van der Waals surface area (Å²) in [5.74, 6) is 0.130. The minimum atomic E-state index is -0.428. The third-order valence-electron chi connectivity index (χ3n) is 5.15. The molecule has 4 aromatic rings. The number of aryl methyl sites for hydroxylation is 2. The zero-order valence-electron chi connectivity index (χ0n) is 18.0. The highest BCUT2D eigenvalue weighted by Gasteiger charge is 2.16. The summed E-state index contributed by atoms with van der Waals surface area (Å²) < 4.78 is 2.56. The number of benzene rings is 2. The van der Waals surface area contributed by atoms with E-state index in [1.807, 2.05) is 31.2 Å². The number of hydrogen-bond donors (Lipinski definition) is 1. The van der Waals surface area contributed by atoms with Gasteiger partial charge in [0.05, 0.1) is 0 Å². The van der Waals surface area contributed by atoms with E-state index in [0.717, 1.165) is 29.5 Å². The number of fused-ring (bicyclic) bond motifs is 1. The van der Waals surface area contributed by atoms with Crippen LogP contribution in [-0.4, -0.2) is 25.1 Å². The van der Waals surface area contributed by atoms with Crippen molar-refractivity contribution >= 4 is 28.8 Å². The molecule has 1 amide bonds. The summed E-state index contributed by atoms with van der Waals surface area (Å²) in [6.07, 6.45) is 3.29. The first-order valence-electron chi connectivity index (χ1n) is 10.6. The van der Waals surface area contributed by atoms with E-state index in [0.29, 0.717) is 27.9 Å². The van der Waals surface area contributed by atoms with Crippen molar-refractivity contribution < 1.29 is 4.79 Å². The Morgan fingerprint density at radius 3 is 2.50 bits per heavy atom. The molecule has 0 atom stereocenters. The predicted octanol–water partition coefficient (Wildman–Crippen LogP) is 4.50. The molecule has 7 nitrogen and oxygen atoms in total. The van der Waals surface area contributed by atoms with Crippen LogP contribution in [-0.2, 0) is 17.8 Å². The molecule has 0 fully saturated rings. The topological polar surface area (TPSA) is 81.3 Å². The Balaban J connectivity index is 1.58. The minimum absolute atomic E-state index is 0.197. The number of rotatable bonds is 7. The number of nitrogens with one attached hydrogen (secondary N) is 1. The molecule has 0 aliphatic rings. The number of aromatic nitrogens is 4. The fourth-order valence-corrected chi connectivity index (χ4v) is 3.65. The van der Waals surface area contributed by atoms with Gasteiger partial charge in [-0.15, -0.1) is 5.10 Å². The zero-order valence-corrected chi connectivity index (χ0v) is 18.8. The van der Waals surface area contributed by atoms with E-state index in [1.165, 1.54) is 9.96 Å². The molecule has 4 rings (SSSR count). The van der Waals surface area contributed by atoms with Gasteiger partial charge in [0.25, 0.3) is 0 Å². The highest BCUT2D eigenvalue weighted by molar-refractivity contribution is 6.30. The molecule has 164 valence electrons. The average Bonchev–Trinajstić information content (AvgIpc) is 3.08. The van der Waals surface area contributed by atoms with Gasteiger partial charge in [0, 0.05) is 28.0 Å². The second-order valence-electron chi connectivity index (χ2n) is 7.71. The van der Waals surface area contributed by atoms with Gasteiger partial charge in [-0.2, -0.15) is 0 Å². The molecule has 0 unspecified atom stereocenters. The molecule has 2 aromatic heterocycles. The van der Waals surface area contributed by atoms with Gasteiger partial charge in [-0.05, 0) is 61.7 Å². The molecule has 32 heavy (non-hydrogen) atoms. The molecule has 0 aliphatic heterocycles. The normalized spacial score (nSPS) is 11.1. The number of hydrogen-bond acceptors (Lipinski definition) is 4. The van der Waals surface area contributed by atoms with Crippen molar-refractivity contribution in [3.8, 4) is 11.4 Å². The smallest absolute Gasteiger partial charge is 0.324 e. The maximum Gasteiger partial charge on any atom is 0.352 e. The Kier molecular flexibility index (Phi) is 6.37. The maximum atomic E-state index is 13.1. The molecule has 0 saturated carbocycles. The third kappa shape index (κ3) is 4.73. The van der Waals surface area contributed by atoms with Gasteiger partial charge in [-0.25, -0.2) is 18.9 Å². The highest BCUT2D eigenvalue weighted by atomic mass is 35.5. The number of unbranched alkanes of at least 4 members (excludes halogenated alkanes) is 1. The first-order valence-corrected chi connectivity index (χ1v) is 10.9. The van der Waals surface area contributed by atoms with Crippen molar-refractivity contribution in [2.75, 3.05) is 5.32 Å². The lowest BCUT2D eigenvalue weighted by Gasteiger charge is -2.06. The SMILES string of the molecule is CCCCc1ccc(NC(=O)Cn2nc3cc(C)nc(-c4ccc(Cl)cc4)n3c2=O)cc1. The number of carbonyl (C=O) groups is 1. The van der Waals surface area contributed by atoms with Crippen molar-refractivity contribution in [2.45, 2.75) is 39.7 Å². The molecule has 1 N–H and O–H groups in total. The van der Waals surface area contributed by atoms with E-state index >= 15 is 0 Å². The van der Waals surface area contributed by atoms with Gasteiger partial charge in [0.15, 0.2) is 5.65 Å². The third-order valence-corrected chi connectivity index (χ3v) is 5.40. The quantitative estimate of drug-likeness (QED) is 0.450. The predicted molar refractivity (Wildman–Crippen MR) is 126 cm³/mol. The van der Waals surface area contributed by atoms with Crippen molar-refractivity contribution in [3.63, 3.8) is 0 Å². The van der Waals surface area contributed by atoms with Gasteiger partial charge < -0.3 is 5.32 Å². The number of carbonyl (C=O) groups excluding carboxylic acids is 1. The van der Waals surface area contributed by atoms with Crippen LogP contribution in [0.15, 0.2) is 59.4 Å². The van der Waals surface area contributed by atoms with Crippen LogP contribution in [0.4, 0.5) is 5.69 Å². The van der Waals surface area contributed by atoms with Crippen molar-refractivity contribution in [1.29, 1.82) is 0 Å². The molecular weight excluding hydrogens is 426 g/mol. The van der Waals surface area contributed by atoms with Gasteiger partial charge >= 0.3 is 5.69 Å². The first kappa shape index (κ1) is 21.8. The summed E-state index contributed by atoms with van der Waals surface area (Å²) >= 11 is 5.99. The highest BCUT2D eigenvalue weighted by Crippen LogP contribution is 2.20. The molecule has 2 aromatic carbocycles. The summed E-state index contributed by atoms with van der Waals surface area (Å²) in [4.78, 5) is 30.1. The van der Waals surface area contributed by atoms with Crippen LogP contribution in [0.25, 0.3) is 17.0 Å². The lowest BCUT2D eigenvalue weighted by atomic mass is 10.1. The Morgan fingerprint density at radius 1 is 1.09 bits per heavy atom. The molecule has 8 heteroatoms. The Hall–Kier alpha value is -3.45. The molecule has 0 bridgehead atoms. The van der Waals surface area contributed by atoms with E-state index in [9.17, 15) is 9.59 Å². The van der Waals surface area contributed by atoms with Crippen LogP contribution in [0.5, 0.6) is 0 Å². The summed E-state index contributed by atoms with van der Waals surface area (Å²) in [5.41, 5.74) is 3.37. The van der Waals surface area contributed by atoms with Crippen LogP contribution in [0.2, 0.25) is 5.02 Å². The zero-order chi connectivity index (χ0) is 22.7. The van der Waals surface area contributed by atoms with Crippen LogP contribution in [0, 0.1) is 6.92 Å². The average molecular weight is 450 g/mol. The van der Waals surface area contributed by atoms with Crippen LogP contribution in [0.3, 0.4) is 0 Å². The van der Waals surface area contributed by atoms with E-state index in [2.05, 4.69) is 22.3 Å². The summed E-state index contributed by atoms with van der Waals surface area (Å²) in [6.45, 7) is 3.79. The van der Waals surface area contributed by atoms with Crippen molar-refractivity contribution in [1.82, 2.24) is 19.2 Å². The summed E-state index contributed by atoms with van der Waals surface area (Å²) in [5, 5.41) is 7.77. The summed E-state index contributed by atoms with van der Waals surface area (Å²) in [7, 11) is 0. The molecule has 2 heterocycles. The monoisotopic (exact) mass is 449 g/mol. The fourth-order valence-electron chi connectivity index (χ4n) is 3.52. The number of nitrogens with zero attached hydrogens (tertiary/aromatic N) is 4. The first-order chi connectivity index (χ1) is 15.4. The molecule has 0 aliphatic carbocycles. The molecular formula is C24H24ClN5O2. The van der Waals surface area contributed by atoms with Gasteiger partial charge in [-0.1, -0.05) is 37.1 Å².